The van der Waals surface area contributed by atoms with Crippen LogP contribution >= 0.6 is 7.75 Å². The number of nitrogens with zero attached hydrogens (tertiary/aromatic N) is 4. The average Bonchev–Trinajstić information content (AvgIpc) is 3.37. The molecule has 2 aromatic heterocycles. The second-order valence-corrected chi connectivity index (χ2v) is 11.5. The number of benzene rings is 1. The number of hydrogen-bond acceptors (Lipinski definition) is 11. The number of para-hydroxylation sites is 1. The predicted octanol–water partition coefficient (Wildman–Crippen LogP) is 2.21. The average molecular weight is 549 g/mol. The van der Waals surface area contributed by atoms with Gasteiger partial charge in [0.1, 0.15) is 29.2 Å². The lowest BCUT2D eigenvalue weighted by Gasteiger charge is -2.30. The fourth-order valence-electron chi connectivity index (χ4n) is 4.51. The van der Waals surface area contributed by atoms with E-state index in [2.05, 4.69) is 20.0 Å². The number of aliphatic hydroxyl groups excluding tert-OH is 1. The normalized spacial score (nSPS) is 25.8. The molecule has 2 heterocycles. The van der Waals surface area contributed by atoms with Crippen LogP contribution in [0.5, 0.6) is 5.75 Å². The van der Waals surface area contributed by atoms with Crippen LogP contribution < -0.4 is 15.3 Å². The van der Waals surface area contributed by atoms with Crippen LogP contribution in [0.3, 0.4) is 0 Å². The maximum absolute atomic E-state index is 13.8. The van der Waals surface area contributed by atoms with Gasteiger partial charge in [0.05, 0.1) is 31.2 Å². The Morgan fingerprint density at radius 2 is 1.97 bits per heavy atom. The highest BCUT2D eigenvalue weighted by molar-refractivity contribution is 7.52. The summed E-state index contributed by atoms with van der Waals surface area (Å²) in [6.45, 7) is 6.14. The summed E-state index contributed by atoms with van der Waals surface area (Å²) in [4.78, 5) is 24.8. The van der Waals surface area contributed by atoms with Crippen molar-refractivity contribution in [3.8, 4) is 5.75 Å². The topological polar surface area (TPSA) is 184 Å². The van der Waals surface area contributed by atoms with Gasteiger partial charge < -0.3 is 29.8 Å². The SMILES string of the molecule is CC(C)OC(=O)[C@H](C)N[P@](=O)(OC[C@H]1C[C@@H](n2cnc3c(N)ncnc32)[C@](C)(O)[C@@H]1O)Oc1ccccc1. The molecule has 0 aliphatic heterocycles. The maximum Gasteiger partial charge on any atom is 0.459 e. The van der Waals surface area contributed by atoms with Crippen molar-refractivity contribution in [3.63, 3.8) is 0 Å². The Hall–Kier alpha value is -3.09. The zero-order chi connectivity index (χ0) is 27.7. The molecule has 38 heavy (non-hydrogen) atoms. The molecule has 0 amide bonds. The van der Waals surface area contributed by atoms with Crippen LogP contribution in [0.15, 0.2) is 43.0 Å². The van der Waals surface area contributed by atoms with E-state index in [4.69, 9.17) is 19.5 Å². The Labute approximate surface area is 219 Å². The Morgan fingerprint density at radius 1 is 1.26 bits per heavy atom. The summed E-state index contributed by atoms with van der Waals surface area (Å²) in [5.41, 5.74) is 5.08. The molecule has 0 saturated heterocycles. The molecule has 0 unspecified atom stereocenters. The second-order valence-electron chi connectivity index (χ2n) is 9.80. The molecule has 206 valence electrons. The smallest absolute Gasteiger partial charge is 0.459 e. The summed E-state index contributed by atoms with van der Waals surface area (Å²) in [5.74, 6) is -0.828. The molecule has 14 heteroatoms. The third-order valence-electron chi connectivity index (χ3n) is 6.45. The zero-order valence-corrected chi connectivity index (χ0v) is 22.5. The first kappa shape index (κ1) is 27.9. The summed E-state index contributed by atoms with van der Waals surface area (Å²) in [6.07, 6.45) is 1.40. The monoisotopic (exact) mass is 548 g/mol. The first-order valence-electron chi connectivity index (χ1n) is 12.2. The third kappa shape index (κ3) is 5.82. The van der Waals surface area contributed by atoms with E-state index in [9.17, 15) is 19.6 Å². The van der Waals surface area contributed by atoms with E-state index in [0.717, 1.165) is 0 Å². The van der Waals surface area contributed by atoms with Crippen molar-refractivity contribution in [2.24, 2.45) is 5.92 Å². The minimum atomic E-state index is -4.14. The van der Waals surface area contributed by atoms with E-state index < -0.39 is 43.4 Å². The van der Waals surface area contributed by atoms with Gasteiger partial charge in [-0.3, -0.25) is 9.32 Å². The van der Waals surface area contributed by atoms with E-state index >= 15 is 0 Å². The quantitative estimate of drug-likeness (QED) is 0.214. The summed E-state index contributed by atoms with van der Waals surface area (Å²) in [6, 6.07) is 6.69. The van der Waals surface area contributed by atoms with Gasteiger partial charge in [-0.25, -0.2) is 19.5 Å². The zero-order valence-electron chi connectivity index (χ0n) is 21.6. The number of hydrogen-bond donors (Lipinski definition) is 4. The summed E-state index contributed by atoms with van der Waals surface area (Å²) >= 11 is 0. The number of rotatable bonds is 10. The number of ether oxygens (including phenoxy) is 1. The molecular formula is C24H33N6O7P. The molecule has 1 saturated carbocycles. The minimum Gasteiger partial charge on any atom is -0.462 e. The molecule has 4 rings (SSSR count). The Kier molecular flexibility index (Phi) is 8.05. The van der Waals surface area contributed by atoms with Crippen molar-refractivity contribution in [2.45, 2.75) is 64.0 Å². The Balaban J connectivity index is 1.54. The molecule has 0 radical (unpaired) electrons. The summed E-state index contributed by atoms with van der Waals surface area (Å²) in [5, 5.41) is 24.9. The van der Waals surface area contributed by atoms with E-state index in [1.807, 2.05) is 0 Å². The van der Waals surface area contributed by atoms with Gasteiger partial charge in [0.2, 0.25) is 0 Å². The lowest BCUT2D eigenvalue weighted by atomic mass is 9.96. The van der Waals surface area contributed by atoms with Gasteiger partial charge in [0.25, 0.3) is 0 Å². The second kappa shape index (κ2) is 11.0. The van der Waals surface area contributed by atoms with Crippen LogP contribution in [0.25, 0.3) is 11.2 Å². The standard InChI is InChI=1S/C24H33N6O7P/c1-14(2)36-23(32)15(3)29-38(34,37-17-8-6-5-7-9-17)35-11-16-10-18(24(4,33)20(16)31)30-13-28-19-21(25)26-12-27-22(19)30/h5-9,12-16,18,20,31,33H,10-11H2,1-4H3,(H,29,34)(H2,25,26,27)/t15-,16+,18+,20+,24-,38-/m0/s1. The van der Waals surface area contributed by atoms with Crippen molar-refractivity contribution in [2.75, 3.05) is 12.3 Å². The number of anilines is 1. The molecule has 5 N–H and O–H groups in total. The number of nitrogens with two attached hydrogens (primary N) is 1. The van der Waals surface area contributed by atoms with Gasteiger partial charge >= 0.3 is 13.7 Å². The number of nitrogens with one attached hydrogen (secondary N) is 1. The minimum absolute atomic E-state index is 0.196. The number of aliphatic hydroxyl groups is 2. The third-order valence-corrected chi connectivity index (χ3v) is 8.10. The summed E-state index contributed by atoms with van der Waals surface area (Å²) < 4.78 is 32.0. The van der Waals surface area contributed by atoms with Crippen LogP contribution in [0, 0.1) is 5.92 Å². The molecule has 1 aliphatic carbocycles. The van der Waals surface area contributed by atoms with Crippen molar-refractivity contribution >= 4 is 30.7 Å². The van der Waals surface area contributed by atoms with Crippen LogP contribution in [-0.4, -0.2) is 66.2 Å². The molecule has 0 bridgehead atoms. The molecule has 13 nitrogen and oxygen atoms in total. The van der Waals surface area contributed by atoms with E-state index in [0.29, 0.717) is 11.2 Å². The number of esters is 1. The number of carbonyl (C=O) groups excluding carboxylic acids is 1. The lowest BCUT2D eigenvalue weighted by molar-refractivity contribution is -0.149. The van der Waals surface area contributed by atoms with E-state index in [1.165, 1.54) is 26.5 Å². The number of aromatic nitrogens is 4. The molecular weight excluding hydrogens is 515 g/mol. The molecule has 0 spiro atoms. The highest BCUT2D eigenvalue weighted by Crippen LogP contribution is 2.49. The number of fused-ring (bicyclic) bond motifs is 1. The van der Waals surface area contributed by atoms with Gasteiger partial charge in [0.15, 0.2) is 11.5 Å². The van der Waals surface area contributed by atoms with Crippen molar-refractivity contribution in [1.29, 1.82) is 0 Å². The van der Waals surface area contributed by atoms with E-state index in [-0.39, 0.29) is 30.7 Å². The molecule has 1 aliphatic rings. The molecule has 1 fully saturated rings. The van der Waals surface area contributed by atoms with Gasteiger partial charge in [-0.15, -0.1) is 0 Å². The van der Waals surface area contributed by atoms with Crippen molar-refractivity contribution < 1.29 is 33.4 Å². The van der Waals surface area contributed by atoms with Crippen LogP contribution in [0.4, 0.5) is 5.82 Å². The maximum atomic E-state index is 13.8. The Bertz CT molecular complexity index is 1320. The van der Waals surface area contributed by atoms with Crippen molar-refractivity contribution in [1.82, 2.24) is 24.6 Å². The number of imidazole rings is 1. The summed E-state index contributed by atoms with van der Waals surface area (Å²) in [7, 11) is -4.14. The fraction of sp³-hybridized carbons (Fsp3) is 0.500. The largest absolute Gasteiger partial charge is 0.462 e. The van der Waals surface area contributed by atoms with Gasteiger partial charge in [0, 0.05) is 5.92 Å². The Morgan fingerprint density at radius 3 is 2.66 bits per heavy atom. The van der Waals surface area contributed by atoms with Crippen LogP contribution in [0.1, 0.15) is 40.2 Å². The van der Waals surface area contributed by atoms with Gasteiger partial charge in [-0.05, 0) is 46.2 Å². The first-order chi connectivity index (χ1) is 17.9. The first-order valence-corrected chi connectivity index (χ1v) is 13.8. The molecule has 1 aromatic carbocycles. The molecule has 6 atom stereocenters. The number of carbonyl (C=O) groups is 1. The molecule has 3 aromatic rings. The van der Waals surface area contributed by atoms with E-state index in [1.54, 1.807) is 48.7 Å². The van der Waals surface area contributed by atoms with Gasteiger partial charge in [-0.2, -0.15) is 5.09 Å². The van der Waals surface area contributed by atoms with Gasteiger partial charge in [-0.1, -0.05) is 18.2 Å². The van der Waals surface area contributed by atoms with Crippen molar-refractivity contribution in [3.05, 3.63) is 43.0 Å². The highest BCUT2D eigenvalue weighted by atomic mass is 31.2. The van der Waals surface area contributed by atoms with Crippen LogP contribution in [0.2, 0.25) is 0 Å². The van der Waals surface area contributed by atoms with Crippen LogP contribution in [-0.2, 0) is 18.6 Å². The fourth-order valence-corrected chi connectivity index (χ4v) is 6.06. The number of nitrogen functional groups attached to an aromatic ring is 1. The highest BCUT2D eigenvalue weighted by Gasteiger charge is 2.52. The predicted molar refractivity (Wildman–Crippen MR) is 138 cm³/mol. The lowest BCUT2D eigenvalue weighted by Crippen LogP contribution is -2.43.